The van der Waals surface area contributed by atoms with Gasteiger partial charge in [0.05, 0.1) is 0 Å². The Morgan fingerprint density at radius 2 is 0.809 bits per heavy atom. The van der Waals surface area contributed by atoms with Gasteiger partial charge in [0.1, 0.15) is 0 Å². The van der Waals surface area contributed by atoms with Crippen LogP contribution in [0.1, 0.15) is 193 Å². The zero-order valence-electron chi connectivity index (χ0n) is 44.3. The molecule has 366 valence electrons. The predicted molar refractivity (Wildman–Crippen MR) is 303 cm³/mol. The number of benzene rings is 4. The van der Waals surface area contributed by atoms with E-state index in [1.54, 1.807) is 11.1 Å². The number of fused-ring (bicyclic) bond motifs is 2. The van der Waals surface area contributed by atoms with Crippen molar-refractivity contribution in [1.29, 1.82) is 0 Å². The van der Waals surface area contributed by atoms with Gasteiger partial charge in [-0.25, -0.2) is 0 Å². The summed E-state index contributed by atoms with van der Waals surface area (Å²) < 4.78 is 0. The Morgan fingerprint density at radius 1 is 0.500 bits per heavy atom. The molecule has 8 rings (SSSR count). The number of halogens is 2. The van der Waals surface area contributed by atoms with Crippen LogP contribution in [-0.4, -0.2) is 9.52 Å². The quantitative estimate of drug-likeness (QED) is 0.0947. The molecule has 0 nitrogen and oxygen atoms in total. The van der Waals surface area contributed by atoms with Gasteiger partial charge in [0.2, 0.25) is 0 Å². The molecule has 0 heterocycles. The van der Waals surface area contributed by atoms with Crippen molar-refractivity contribution in [3.05, 3.63) is 131 Å². The summed E-state index contributed by atoms with van der Waals surface area (Å²) in [5.41, 5.74) is 12.8. The van der Waals surface area contributed by atoms with Crippen molar-refractivity contribution in [3.63, 3.8) is 0 Å². The summed E-state index contributed by atoms with van der Waals surface area (Å²) in [6.07, 6.45) is 27.9. The zero-order chi connectivity index (χ0) is 49.2. The summed E-state index contributed by atoms with van der Waals surface area (Å²) in [4.78, 5) is 0. The summed E-state index contributed by atoms with van der Waals surface area (Å²) in [7, 11) is 11.0. The first-order valence-electron chi connectivity index (χ1n) is 26.8. The molecular formula is C64H88Cl2SiZr. The molecule has 2 aliphatic rings. The van der Waals surface area contributed by atoms with Crippen molar-refractivity contribution < 1.29 is 20.8 Å². The SMILES string of the molecule is CCCC1(Cc2cc3c(-c4ccc(C(C)(C)C)cc4)cccc3[cH-]2)CCCCCCC1.CCCC1(Cc2cc3c(-c4ccc(C(C)(C)C)cc4)cccc3[cH-]2)CCCCCCC1.C[Si]C.[Cl][Zr+2][Cl]. The fourth-order valence-corrected chi connectivity index (χ4v) is 11.9. The molecule has 2 radical (unpaired) electrons. The van der Waals surface area contributed by atoms with Gasteiger partial charge in [0.25, 0.3) is 0 Å². The number of hydrogen-bond acceptors (Lipinski definition) is 0. The van der Waals surface area contributed by atoms with Crippen molar-refractivity contribution in [3.8, 4) is 22.3 Å². The minimum absolute atomic E-state index is 0.198. The molecular weight excluding hydrogens is 959 g/mol. The van der Waals surface area contributed by atoms with Crippen LogP contribution in [0.2, 0.25) is 13.1 Å². The molecule has 0 amide bonds. The van der Waals surface area contributed by atoms with Gasteiger partial charge < -0.3 is 0 Å². The van der Waals surface area contributed by atoms with Crippen LogP contribution in [0.3, 0.4) is 0 Å². The number of hydrogen-bond donors (Lipinski definition) is 0. The normalized spacial score (nSPS) is 16.3. The van der Waals surface area contributed by atoms with Crippen LogP contribution in [0.25, 0.3) is 43.8 Å². The van der Waals surface area contributed by atoms with Crippen LogP contribution in [0.15, 0.2) is 109 Å². The van der Waals surface area contributed by atoms with E-state index in [0.29, 0.717) is 10.8 Å². The molecule has 0 atom stereocenters. The van der Waals surface area contributed by atoms with Gasteiger partial charge in [-0.2, -0.15) is 12.1 Å². The van der Waals surface area contributed by atoms with E-state index in [1.165, 1.54) is 183 Å². The van der Waals surface area contributed by atoms with Gasteiger partial charge in [-0.3, -0.25) is 0 Å². The Balaban J connectivity index is 0.000000228. The van der Waals surface area contributed by atoms with E-state index in [2.05, 4.69) is 178 Å². The third-order valence-corrected chi connectivity index (χ3v) is 15.3. The first-order valence-corrected chi connectivity index (χ1v) is 35.1. The third-order valence-electron chi connectivity index (χ3n) is 15.3. The number of rotatable bonds is 10. The molecule has 6 aromatic carbocycles. The maximum atomic E-state index is 4.93. The summed E-state index contributed by atoms with van der Waals surface area (Å²) in [6, 6.07) is 42.2. The van der Waals surface area contributed by atoms with Crippen molar-refractivity contribution >= 4 is 48.1 Å². The molecule has 4 heteroatoms. The Kier molecular flexibility index (Phi) is 23.0. The van der Waals surface area contributed by atoms with Crippen molar-refractivity contribution in [1.82, 2.24) is 0 Å². The van der Waals surface area contributed by atoms with Gasteiger partial charge in [-0.15, -0.1) is 69.1 Å². The van der Waals surface area contributed by atoms with Crippen LogP contribution >= 0.6 is 17.0 Å². The topological polar surface area (TPSA) is 0 Å². The Morgan fingerprint density at radius 3 is 1.10 bits per heavy atom. The van der Waals surface area contributed by atoms with E-state index in [0.717, 1.165) is 9.52 Å². The van der Waals surface area contributed by atoms with Gasteiger partial charge >= 0.3 is 37.9 Å². The summed E-state index contributed by atoms with van der Waals surface area (Å²) >= 11 is -0.826. The van der Waals surface area contributed by atoms with Crippen molar-refractivity contribution in [2.45, 2.75) is 208 Å². The third kappa shape index (κ3) is 16.4. The molecule has 0 saturated heterocycles. The Labute approximate surface area is 437 Å². The van der Waals surface area contributed by atoms with Gasteiger partial charge in [0, 0.05) is 9.52 Å². The van der Waals surface area contributed by atoms with E-state index in [1.807, 2.05) is 0 Å². The molecule has 2 saturated carbocycles. The first-order chi connectivity index (χ1) is 32.6. The molecule has 0 unspecified atom stereocenters. The summed E-state index contributed by atoms with van der Waals surface area (Å²) in [6.45, 7) is 22.8. The van der Waals surface area contributed by atoms with E-state index >= 15 is 0 Å². The van der Waals surface area contributed by atoms with E-state index in [4.69, 9.17) is 17.0 Å². The van der Waals surface area contributed by atoms with Crippen LogP contribution in [0.4, 0.5) is 0 Å². The van der Waals surface area contributed by atoms with Gasteiger partial charge in [0.15, 0.2) is 0 Å². The molecule has 0 N–H and O–H groups in total. The standard InChI is InChI=1S/2C31H41.C2H6Si.2ClH.Zr/c2*1-5-18-31(19-9-7-6-8-10-20-31)23-24-21-26-12-11-13-28(29(26)22-24)25-14-16-27(17-15-25)30(2,3)4;1-3-2;;;/h2*11-17,21-22H,5-10,18-20,23H2,1-4H3;1-2H3;2*1H;/q2*-1;;;;+4/p-2. The minimum atomic E-state index is -0.826. The maximum absolute atomic E-state index is 4.93. The molecule has 0 aliphatic heterocycles. The average Bonchev–Trinajstić information content (AvgIpc) is 3.90. The Hall–Kier alpha value is -2.22. The van der Waals surface area contributed by atoms with E-state index in [-0.39, 0.29) is 10.8 Å². The second-order valence-electron chi connectivity index (χ2n) is 23.0. The molecule has 0 bridgehead atoms. The van der Waals surface area contributed by atoms with Crippen LogP contribution in [0, 0.1) is 10.8 Å². The molecule has 68 heavy (non-hydrogen) atoms. The van der Waals surface area contributed by atoms with Crippen LogP contribution in [0.5, 0.6) is 0 Å². The molecule has 2 fully saturated rings. The second-order valence-corrected chi connectivity index (χ2v) is 27.7. The van der Waals surface area contributed by atoms with Crippen LogP contribution in [-0.2, 0) is 44.5 Å². The van der Waals surface area contributed by atoms with E-state index in [9.17, 15) is 0 Å². The zero-order valence-corrected chi connectivity index (χ0v) is 49.3. The van der Waals surface area contributed by atoms with Gasteiger partial charge in [-0.1, -0.05) is 217 Å². The summed E-state index contributed by atoms with van der Waals surface area (Å²) in [5, 5.41) is 5.67. The van der Waals surface area contributed by atoms with Crippen LogP contribution < -0.4 is 0 Å². The Bertz CT molecular complexity index is 2160. The predicted octanol–water partition coefficient (Wildman–Crippen LogP) is 21.4. The van der Waals surface area contributed by atoms with Gasteiger partial charge in [-0.05, 0) is 95.3 Å². The first kappa shape index (κ1) is 56.7. The average molecular weight is 1050 g/mol. The fraction of sp³-hybridized carbons (Fsp3) is 0.531. The molecule has 2 aliphatic carbocycles. The molecule has 0 spiro atoms. The van der Waals surface area contributed by atoms with E-state index < -0.39 is 20.8 Å². The van der Waals surface area contributed by atoms with Crippen molar-refractivity contribution in [2.24, 2.45) is 10.8 Å². The molecule has 6 aromatic rings. The second kappa shape index (κ2) is 27.6. The van der Waals surface area contributed by atoms with Crippen molar-refractivity contribution in [2.75, 3.05) is 0 Å². The monoisotopic (exact) mass is 1040 g/mol. The molecule has 0 aromatic heterocycles. The fourth-order valence-electron chi connectivity index (χ4n) is 11.9. The summed E-state index contributed by atoms with van der Waals surface area (Å²) in [5.74, 6) is 0.